The number of nitrogens with zero attached hydrogens (tertiary/aromatic N) is 1. The molecule has 0 fully saturated rings. The van der Waals surface area contributed by atoms with Gasteiger partial charge in [0, 0.05) is 38.5 Å². The smallest absolute Gasteiger partial charge is 0.206 e. The van der Waals surface area contributed by atoms with Crippen LogP contribution in [0.2, 0.25) is 0 Å². The van der Waals surface area contributed by atoms with E-state index in [9.17, 15) is 0 Å². The molecule has 0 saturated carbocycles. The summed E-state index contributed by atoms with van der Waals surface area (Å²) in [5, 5.41) is 8.09. The quantitative estimate of drug-likeness (QED) is 0.181. The topological polar surface area (TPSA) is 45.3 Å². The third kappa shape index (κ3) is 4.26. The van der Waals surface area contributed by atoms with E-state index in [0.29, 0.717) is 0 Å². The summed E-state index contributed by atoms with van der Waals surface area (Å²) in [6.07, 6.45) is 2.33. The van der Waals surface area contributed by atoms with E-state index >= 15 is 0 Å². The van der Waals surface area contributed by atoms with Crippen LogP contribution in [-0.2, 0) is 10.8 Å². The van der Waals surface area contributed by atoms with Crippen LogP contribution >= 0.6 is 0 Å². The molecule has 1 radical (unpaired) electrons. The molecule has 7 aromatic carbocycles. The van der Waals surface area contributed by atoms with Crippen molar-refractivity contribution in [2.45, 2.75) is 58.3 Å². The van der Waals surface area contributed by atoms with E-state index < -0.39 is 0 Å². The van der Waals surface area contributed by atoms with Gasteiger partial charge in [0.25, 0.3) is 0 Å². The number of aryl methyl sites for hydroxylation is 1. The monoisotopic (exact) mass is 723 g/mol. The summed E-state index contributed by atoms with van der Waals surface area (Å²) in [6, 6.07) is 44.3. The van der Waals surface area contributed by atoms with Gasteiger partial charge in [-0.25, -0.2) is 0 Å². The van der Waals surface area contributed by atoms with Gasteiger partial charge in [0.05, 0.1) is 16.6 Å². The molecule has 0 bridgehead atoms. The van der Waals surface area contributed by atoms with Gasteiger partial charge in [0.2, 0.25) is 5.71 Å². The van der Waals surface area contributed by atoms with Crippen LogP contribution in [0.25, 0.3) is 76.8 Å². The number of para-hydroxylation sites is 3. The Hall–Kier alpha value is -6.20. The fraction of sp³-hybridized carbons (Fsp3) is 0.176. The van der Waals surface area contributed by atoms with Crippen molar-refractivity contribution in [2.24, 2.45) is 0 Å². The molecule has 5 heteroatoms. The zero-order valence-electron chi connectivity index (χ0n) is 32.3. The third-order valence-corrected chi connectivity index (χ3v) is 13.2. The zero-order valence-corrected chi connectivity index (χ0v) is 32.3. The maximum Gasteiger partial charge on any atom is 0.206 e. The Balaban J connectivity index is 1.21. The summed E-state index contributed by atoms with van der Waals surface area (Å²) >= 11 is 0. The highest BCUT2D eigenvalue weighted by Crippen LogP contribution is 2.51. The second-order valence-corrected chi connectivity index (χ2v) is 17.5. The lowest BCUT2D eigenvalue weighted by Gasteiger charge is -2.43. The van der Waals surface area contributed by atoms with Crippen molar-refractivity contribution in [1.29, 1.82) is 0 Å². The van der Waals surface area contributed by atoms with Crippen molar-refractivity contribution in [1.82, 2.24) is 4.98 Å². The SMILES string of the molecule is Cc1cc2c(cc1N1c3cc4ccccc4c(-c4cccc5c4[nH]c4oc6ccccc6c45)c3[B]c3ccc4c(oc5ccccc54)c31)C(C)(C)CCC2(C)C. The largest absolute Gasteiger partial charge is 0.454 e. The number of aromatic nitrogens is 1. The van der Waals surface area contributed by atoms with Crippen LogP contribution in [0.3, 0.4) is 0 Å². The Kier molecular flexibility index (Phi) is 6.29. The molecule has 0 saturated heterocycles. The molecule has 1 N–H and O–H groups in total. The molecule has 1 aliphatic carbocycles. The van der Waals surface area contributed by atoms with Gasteiger partial charge in [-0.05, 0) is 93.3 Å². The lowest BCUT2D eigenvalue weighted by molar-refractivity contribution is 0.332. The van der Waals surface area contributed by atoms with Crippen LogP contribution in [-0.4, -0.2) is 12.3 Å². The highest BCUT2D eigenvalue weighted by molar-refractivity contribution is 6.74. The van der Waals surface area contributed by atoms with Gasteiger partial charge in [-0.15, -0.1) is 0 Å². The molecule has 1 aliphatic heterocycles. The molecule has 12 rings (SSSR count). The maximum atomic E-state index is 6.89. The van der Waals surface area contributed by atoms with E-state index in [-0.39, 0.29) is 10.8 Å². The Labute approximate surface area is 326 Å². The molecular formula is C51H40BN2O2. The summed E-state index contributed by atoms with van der Waals surface area (Å²) in [4.78, 5) is 6.29. The van der Waals surface area contributed by atoms with Crippen molar-refractivity contribution in [3.63, 3.8) is 0 Å². The minimum Gasteiger partial charge on any atom is -0.454 e. The number of H-pyrrole nitrogens is 1. The van der Waals surface area contributed by atoms with Crippen molar-refractivity contribution < 1.29 is 8.83 Å². The van der Waals surface area contributed by atoms with E-state index in [1.54, 1.807) is 0 Å². The van der Waals surface area contributed by atoms with Crippen LogP contribution in [0.1, 0.15) is 57.2 Å². The number of hydrogen-bond donors (Lipinski definition) is 1. The number of fused-ring (bicyclic) bond motifs is 13. The van der Waals surface area contributed by atoms with Crippen LogP contribution < -0.4 is 15.8 Å². The number of benzene rings is 7. The van der Waals surface area contributed by atoms with E-state index in [1.165, 1.54) is 50.6 Å². The van der Waals surface area contributed by atoms with Gasteiger partial charge in [-0.2, -0.15) is 0 Å². The predicted molar refractivity (Wildman–Crippen MR) is 236 cm³/mol. The second-order valence-electron chi connectivity index (χ2n) is 17.5. The summed E-state index contributed by atoms with van der Waals surface area (Å²) in [5.41, 5.74) is 17.0. The lowest BCUT2D eigenvalue weighted by Crippen LogP contribution is -2.41. The summed E-state index contributed by atoms with van der Waals surface area (Å²) in [5.74, 6) is 0. The van der Waals surface area contributed by atoms with E-state index in [1.807, 2.05) is 12.1 Å². The number of hydrogen-bond acceptors (Lipinski definition) is 3. The highest BCUT2D eigenvalue weighted by Gasteiger charge is 2.39. The van der Waals surface area contributed by atoms with E-state index in [2.05, 4.69) is 161 Å². The average Bonchev–Trinajstić information content (AvgIpc) is 3.88. The number of anilines is 3. The molecule has 10 aromatic rings. The number of nitrogens with one attached hydrogen (secondary N) is 1. The molecule has 0 unspecified atom stereocenters. The van der Waals surface area contributed by atoms with Gasteiger partial charge in [0.1, 0.15) is 11.2 Å². The van der Waals surface area contributed by atoms with Gasteiger partial charge >= 0.3 is 0 Å². The Morgan fingerprint density at radius 3 is 2.11 bits per heavy atom. The van der Waals surface area contributed by atoms with Crippen molar-refractivity contribution >= 4 is 101 Å². The molecule has 2 aliphatic rings. The first-order valence-electron chi connectivity index (χ1n) is 19.9. The van der Waals surface area contributed by atoms with Crippen molar-refractivity contribution in [3.8, 4) is 11.1 Å². The molecule has 0 atom stereocenters. The average molecular weight is 724 g/mol. The molecule has 4 heterocycles. The van der Waals surface area contributed by atoms with Crippen LogP contribution in [0.15, 0.2) is 130 Å². The Bertz CT molecular complexity index is 3320. The maximum absolute atomic E-state index is 6.89. The van der Waals surface area contributed by atoms with Gasteiger partial charge in [-0.3, -0.25) is 0 Å². The van der Waals surface area contributed by atoms with Crippen LogP contribution in [0, 0.1) is 6.92 Å². The van der Waals surface area contributed by atoms with Crippen LogP contribution in [0.5, 0.6) is 0 Å². The van der Waals surface area contributed by atoms with Crippen LogP contribution in [0.4, 0.5) is 17.1 Å². The molecule has 56 heavy (non-hydrogen) atoms. The fourth-order valence-electron chi connectivity index (χ4n) is 10.2. The minimum atomic E-state index is 0.0468. The first-order valence-corrected chi connectivity index (χ1v) is 19.9. The second kappa shape index (κ2) is 11.0. The summed E-state index contributed by atoms with van der Waals surface area (Å²) in [6.45, 7) is 12.0. The fourth-order valence-corrected chi connectivity index (χ4v) is 10.2. The van der Waals surface area contributed by atoms with Gasteiger partial charge < -0.3 is 18.7 Å². The first kappa shape index (κ1) is 32.1. The number of aromatic amines is 1. The standard InChI is InChI=1S/C51H40BN2O2/c1-28-25-36-37(51(4,5)24-23-50(36,2)3)27-39(28)54-40-26-29-13-6-7-14-30(29)43(34-17-12-18-35-44-33-16-9-11-20-42(33)56-49(44)53-46(34)35)45(40)52-38-22-21-32-31-15-8-10-19-41(31)55-48(32)47(38)54/h6-22,25-27,53H,23-24H2,1-5H3. The molecular weight excluding hydrogens is 683 g/mol. The molecule has 0 amide bonds. The van der Waals surface area contributed by atoms with E-state index in [0.717, 1.165) is 83.7 Å². The lowest BCUT2D eigenvalue weighted by atomic mass is 9.57. The molecule has 4 nitrogen and oxygen atoms in total. The van der Waals surface area contributed by atoms with Crippen molar-refractivity contribution in [2.75, 3.05) is 4.90 Å². The molecule has 269 valence electrons. The summed E-state index contributed by atoms with van der Waals surface area (Å²) in [7, 11) is 2.40. The van der Waals surface area contributed by atoms with Gasteiger partial charge in [0.15, 0.2) is 12.9 Å². The van der Waals surface area contributed by atoms with Crippen molar-refractivity contribution in [3.05, 3.63) is 138 Å². The summed E-state index contributed by atoms with van der Waals surface area (Å²) < 4.78 is 13.3. The third-order valence-electron chi connectivity index (χ3n) is 13.2. The number of rotatable bonds is 2. The molecule has 0 spiro atoms. The normalized spacial score (nSPS) is 15.8. The highest BCUT2D eigenvalue weighted by atomic mass is 16.3. The first-order chi connectivity index (χ1) is 27.2. The van der Waals surface area contributed by atoms with Gasteiger partial charge in [-0.1, -0.05) is 130 Å². The molecule has 3 aromatic heterocycles. The number of furan rings is 2. The Morgan fingerprint density at radius 2 is 1.30 bits per heavy atom. The Morgan fingerprint density at radius 1 is 0.625 bits per heavy atom. The minimum absolute atomic E-state index is 0.0468. The predicted octanol–water partition coefficient (Wildman–Crippen LogP) is 12.9. The van der Waals surface area contributed by atoms with E-state index in [4.69, 9.17) is 8.83 Å². The zero-order chi connectivity index (χ0) is 37.7.